The van der Waals surface area contributed by atoms with Crippen LogP contribution in [-0.2, 0) is 4.79 Å². The maximum Gasteiger partial charge on any atom is 0.260 e. The number of hydrogen-bond donors (Lipinski definition) is 0. The van der Waals surface area contributed by atoms with Crippen molar-refractivity contribution in [3.8, 4) is 11.5 Å². The SMILES string of the molecule is COc1ccc(N2CCN(C(=O)COc3ccc(C)c4c3C(=O)CC4C)CC2)cc1. The summed E-state index contributed by atoms with van der Waals surface area (Å²) in [7, 11) is 1.66. The first-order valence-electron chi connectivity index (χ1n) is 10.4. The molecule has 2 aromatic carbocycles. The number of anilines is 1. The van der Waals surface area contributed by atoms with Crippen LogP contribution in [0.4, 0.5) is 5.69 Å². The summed E-state index contributed by atoms with van der Waals surface area (Å²) in [6.45, 7) is 6.88. The number of rotatable bonds is 5. The van der Waals surface area contributed by atoms with Crippen molar-refractivity contribution in [1.29, 1.82) is 0 Å². The maximum atomic E-state index is 12.7. The summed E-state index contributed by atoms with van der Waals surface area (Å²) >= 11 is 0. The van der Waals surface area contributed by atoms with Gasteiger partial charge in [0, 0.05) is 38.3 Å². The Morgan fingerprint density at radius 1 is 1.07 bits per heavy atom. The molecule has 0 bridgehead atoms. The van der Waals surface area contributed by atoms with Gasteiger partial charge in [0.1, 0.15) is 11.5 Å². The molecule has 0 aromatic heterocycles. The molecule has 2 aromatic rings. The summed E-state index contributed by atoms with van der Waals surface area (Å²) in [6, 6.07) is 11.8. The Morgan fingerprint density at radius 3 is 2.43 bits per heavy atom. The van der Waals surface area contributed by atoms with Crippen molar-refractivity contribution in [2.45, 2.75) is 26.2 Å². The van der Waals surface area contributed by atoms with Crippen LogP contribution in [0.25, 0.3) is 0 Å². The molecule has 0 spiro atoms. The van der Waals surface area contributed by atoms with Gasteiger partial charge in [-0.2, -0.15) is 0 Å². The fourth-order valence-corrected chi connectivity index (χ4v) is 4.47. The Labute approximate surface area is 177 Å². The van der Waals surface area contributed by atoms with E-state index in [-0.39, 0.29) is 24.2 Å². The predicted molar refractivity (Wildman–Crippen MR) is 116 cm³/mol. The normalized spacial score (nSPS) is 18.4. The minimum atomic E-state index is -0.0443. The van der Waals surface area contributed by atoms with Gasteiger partial charge in [-0.25, -0.2) is 0 Å². The molecular formula is C24H28N2O4. The van der Waals surface area contributed by atoms with Gasteiger partial charge < -0.3 is 19.3 Å². The lowest BCUT2D eigenvalue weighted by Crippen LogP contribution is -2.50. The zero-order chi connectivity index (χ0) is 21.3. The molecule has 1 amide bonds. The van der Waals surface area contributed by atoms with Crippen LogP contribution in [0.3, 0.4) is 0 Å². The van der Waals surface area contributed by atoms with Crippen molar-refractivity contribution >= 4 is 17.4 Å². The quantitative estimate of drug-likeness (QED) is 0.759. The second-order valence-corrected chi connectivity index (χ2v) is 8.05. The standard InChI is InChI=1S/C24H28N2O4/c1-16-4-9-21(24-20(27)14-17(2)23(16)24)30-15-22(28)26-12-10-25(11-13-26)18-5-7-19(29-3)8-6-18/h4-9,17H,10-15H2,1-3H3. The van der Waals surface area contributed by atoms with E-state index in [1.54, 1.807) is 7.11 Å². The van der Waals surface area contributed by atoms with Crippen LogP contribution >= 0.6 is 0 Å². The Balaban J connectivity index is 1.34. The van der Waals surface area contributed by atoms with Gasteiger partial charge in [-0.05, 0) is 54.3 Å². The van der Waals surface area contributed by atoms with Gasteiger partial charge >= 0.3 is 0 Å². The smallest absolute Gasteiger partial charge is 0.260 e. The maximum absolute atomic E-state index is 12.7. The number of aryl methyl sites for hydroxylation is 1. The monoisotopic (exact) mass is 408 g/mol. The van der Waals surface area contributed by atoms with Gasteiger partial charge in [0.15, 0.2) is 12.4 Å². The average Bonchev–Trinajstić information content (AvgIpc) is 3.08. The number of fused-ring (bicyclic) bond motifs is 1. The summed E-state index contributed by atoms with van der Waals surface area (Å²) in [6.07, 6.45) is 0.512. The van der Waals surface area contributed by atoms with Crippen molar-refractivity contribution in [1.82, 2.24) is 4.90 Å². The van der Waals surface area contributed by atoms with E-state index in [1.165, 1.54) is 0 Å². The molecular weight excluding hydrogens is 380 g/mol. The molecule has 4 rings (SSSR count). The zero-order valence-electron chi connectivity index (χ0n) is 17.8. The number of hydrogen-bond acceptors (Lipinski definition) is 5. The number of ketones is 1. The van der Waals surface area contributed by atoms with Crippen LogP contribution in [0.5, 0.6) is 11.5 Å². The van der Waals surface area contributed by atoms with Crippen LogP contribution in [0.2, 0.25) is 0 Å². The Bertz CT molecular complexity index is 946. The Hall–Kier alpha value is -3.02. The number of piperazine rings is 1. The lowest BCUT2D eigenvalue weighted by molar-refractivity contribution is -0.133. The lowest BCUT2D eigenvalue weighted by atomic mass is 9.97. The number of carbonyl (C=O) groups excluding carboxylic acids is 2. The van der Waals surface area contributed by atoms with Crippen LogP contribution in [-0.4, -0.2) is 56.5 Å². The molecule has 30 heavy (non-hydrogen) atoms. The third kappa shape index (κ3) is 3.86. The van der Waals surface area contributed by atoms with Gasteiger partial charge in [0.2, 0.25) is 0 Å². The molecule has 6 heteroatoms. The Kier molecular flexibility index (Phi) is 5.66. The van der Waals surface area contributed by atoms with Crippen LogP contribution in [0.1, 0.15) is 40.7 Å². The van der Waals surface area contributed by atoms with Gasteiger partial charge in [-0.1, -0.05) is 13.0 Å². The fourth-order valence-electron chi connectivity index (χ4n) is 4.47. The first-order chi connectivity index (χ1) is 14.5. The van der Waals surface area contributed by atoms with E-state index in [2.05, 4.69) is 11.8 Å². The molecule has 0 saturated carbocycles. The third-order valence-electron chi connectivity index (χ3n) is 6.11. The van der Waals surface area contributed by atoms with E-state index in [4.69, 9.17) is 9.47 Å². The first kappa shape index (κ1) is 20.3. The number of carbonyl (C=O) groups is 2. The van der Waals surface area contributed by atoms with Crippen LogP contribution in [0, 0.1) is 6.92 Å². The molecule has 158 valence electrons. The van der Waals surface area contributed by atoms with E-state index in [0.717, 1.165) is 35.7 Å². The number of Topliss-reactive ketones (excluding diaryl/α,β-unsaturated/α-hetero) is 1. The van der Waals surface area contributed by atoms with Crippen molar-refractivity contribution in [2.24, 2.45) is 0 Å². The van der Waals surface area contributed by atoms with E-state index >= 15 is 0 Å². The summed E-state index contributed by atoms with van der Waals surface area (Å²) in [4.78, 5) is 29.2. The highest BCUT2D eigenvalue weighted by atomic mass is 16.5. The predicted octanol–water partition coefficient (Wildman–Crippen LogP) is 3.42. The molecule has 0 N–H and O–H groups in total. The average molecular weight is 408 g/mol. The van der Waals surface area contributed by atoms with Crippen LogP contribution in [0.15, 0.2) is 36.4 Å². The fraction of sp³-hybridized carbons (Fsp3) is 0.417. The molecule has 1 unspecified atom stereocenters. The van der Waals surface area contributed by atoms with Gasteiger partial charge in [-0.3, -0.25) is 9.59 Å². The molecule has 1 fully saturated rings. The van der Waals surface area contributed by atoms with Gasteiger partial charge in [-0.15, -0.1) is 0 Å². The molecule has 1 aliphatic heterocycles. The molecule has 2 aliphatic rings. The highest BCUT2D eigenvalue weighted by molar-refractivity contribution is 6.04. The Morgan fingerprint density at radius 2 is 1.77 bits per heavy atom. The summed E-state index contributed by atoms with van der Waals surface area (Å²) in [5.41, 5.74) is 3.97. The molecule has 0 radical (unpaired) electrons. The summed E-state index contributed by atoms with van der Waals surface area (Å²) in [5.74, 6) is 1.64. The highest BCUT2D eigenvalue weighted by Gasteiger charge is 2.31. The second kappa shape index (κ2) is 8.38. The van der Waals surface area contributed by atoms with E-state index in [0.29, 0.717) is 30.8 Å². The highest BCUT2D eigenvalue weighted by Crippen LogP contribution is 2.40. The topological polar surface area (TPSA) is 59.1 Å². The molecule has 1 atom stereocenters. The van der Waals surface area contributed by atoms with E-state index in [1.807, 2.05) is 48.2 Å². The number of nitrogens with zero attached hydrogens (tertiary/aromatic N) is 2. The largest absolute Gasteiger partial charge is 0.497 e. The molecule has 1 heterocycles. The molecule has 1 saturated heterocycles. The van der Waals surface area contributed by atoms with Crippen LogP contribution < -0.4 is 14.4 Å². The number of amides is 1. The van der Waals surface area contributed by atoms with Crippen molar-refractivity contribution in [2.75, 3.05) is 44.8 Å². The van der Waals surface area contributed by atoms with Gasteiger partial charge in [0.25, 0.3) is 5.91 Å². The van der Waals surface area contributed by atoms with E-state index < -0.39 is 0 Å². The molecule has 6 nitrogen and oxygen atoms in total. The zero-order valence-corrected chi connectivity index (χ0v) is 17.8. The lowest BCUT2D eigenvalue weighted by Gasteiger charge is -2.36. The van der Waals surface area contributed by atoms with E-state index in [9.17, 15) is 9.59 Å². The minimum absolute atomic E-state index is 0.0420. The van der Waals surface area contributed by atoms with Crippen molar-refractivity contribution < 1.29 is 19.1 Å². The summed E-state index contributed by atoms with van der Waals surface area (Å²) in [5, 5.41) is 0. The second-order valence-electron chi connectivity index (χ2n) is 8.05. The number of methoxy groups -OCH3 is 1. The number of benzene rings is 2. The van der Waals surface area contributed by atoms with Crippen molar-refractivity contribution in [3.63, 3.8) is 0 Å². The van der Waals surface area contributed by atoms with Crippen molar-refractivity contribution in [3.05, 3.63) is 53.1 Å². The first-order valence-corrected chi connectivity index (χ1v) is 10.4. The molecule has 1 aliphatic carbocycles. The minimum Gasteiger partial charge on any atom is -0.497 e. The van der Waals surface area contributed by atoms with Gasteiger partial charge in [0.05, 0.1) is 12.7 Å². The number of ether oxygens (including phenoxy) is 2. The third-order valence-corrected chi connectivity index (χ3v) is 6.11. The summed E-state index contributed by atoms with van der Waals surface area (Å²) < 4.78 is 11.0.